The number of rotatable bonds is 4. The van der Waals surface area contributed by atoms with Gasteiger partial charge < -0.3 is 4.42 Å². The van der Waals surface area contributed by atoms with Crippen LogP contribution in [0.15, 0.2) is 34.9 Å². The highest BCUT2D eigenvalue weighted by Gasteiger charge is 2.39. The predicted octanol–water partition coefficient (Wildman–Crippen LogP) is 3.43. The minimum Gasteiger partial charge on any atom is -0.464 e. The van der Waals surface area contributed by atoms with Crippen LogP contribution in [-0.4, -0.2) is 17.3 Å². The molecule has 1 aliphatic rings. The Bertz CT molecular complexity index is 722. The highest BCUT2D eigenvalue weighted by Crippen LogP contribution is 2.34. The number of hydrogen-bond donors (Lipinski definition) is 0. The molecule has 1 heterocycles. The monoisotopic (exact) mass is 298 g/mol. The molecule has 1 aromatic carbocycles. The second-order valence-corrected chi connectivity index (χ2v) is 5.90. The molecular weight excluding hydrogens is 280 g/mol. The largest absolute Gasteiger partial charge is 0.464 e. The van der Waals surface area contributed by atoms with Gasteiger partial charge in [0.1, 0.15) is 11.5 Å². The number of fused-ring (bicyclic) bond motifs is 1. The number of carbonyl (C=O) groups excluding carboxylic acids is 3. The molecule has 2 aromatic rings. The molecule has 0 atom stereocenters. The van der Waals surface area contributed by atoms with Crippen LogP contribution in [0, 0.1) is 5.92 Å². The summed E-state index contributed by atoms with van der Waals surface area (Å²) >= 11 is 0. The first kappa shape index (κ1) is 14.7. The molecule has 22 heavy (non-hydrogen) atoms. The van der Waals surface area contributed by atoms with E-state index in [9.17, 15) is 14.4 Å². The van der Waals surface area contributed by atoms with E-state index in [-0.39, 0.29) is 36.1 Å². The average molecular weight is 298 g/mol. The summed E-state index contributed by atoms with van der Waals surface area (Å²) in [4.78, 5) is 36.5. The number of carbonyl (C=O) groups is 3. The van der Waals surface area contributed by atoms with E-state index in [4.69, 9.17) is 4.42 Å². The Morgan fingerprint density at radius 2 is 1.91 bits per heavy atom. The van der Waals surface area contributed by atoms with Crippen LogP contribution in [0.5, 0.6) is 0 Å². The minimum absolute atomic E-state index is 0.134. The third-order valence-corrected chi connectivity index (χ3v) is 4.31. The highest BCUT2D eigenvalue weighted by atomic mass is 16.3. The van der Waals surface area contributed by atoms with Gasteiger partial charge in [0, 0.05) is 24.6 Å². The van der Waals surface area contributed by atoms with Crippen molar-refractivity contribution in [2.45, 2.75) is 38.5 Å². The smallest absolute Gasteiger partial charge is 0.151 e. The van der Waals surface area contributed by atoms with Crippen LogP contribution in [-0.2, 0) is 14.4 Å². The zero-order valence-electron chi connectivity index (χ0n) is 12.5. The van der Waals surface area contributed by atoms with Crippen LogP contribution in [0.1, 0.15) is 44.1 Å². The van der Waals surface area contributed by atoms with Gasteiger partial charge in [0.2, 0.25) is 0 Å². The maximum Gasteiger partial charge on any atom is 0.151 e. The molecular formula is C18H18O4. The summed E-state index contributed by atoms with van der Waals surface area (Å²) in [5.41, 5.74) is 1.74. The molecule has 4 nitrogen and oxygen atoms in total. The molecule has 1 aromatic heterocycles. The fourth-order valence-corrected chi connectivity index (χ4v) is 3.20. The van der Waals surface area contributed by atoms with Gasteiger partial charge in [0.15, 0.2) is 17.3 Å². The van der Waals surface area contributed by atoms with E-state index in [1.54, 1.807) is 6.26 Å². The van der Waals surface area contributed by atoms with E-state index < -0.39 is 5.92 Å². The lowest BCUT2D eigenvalue weighted by atomic mass is 9.74. The molecule has 0 N–H and O–H groups in total. The van der Waals surface area contributed by atoms with Gasteiger partial charge in [-0.25, -0.2) is 0 Å². The fourth-order valence-electron chi connectivity index (χ4n) is 3.20. The Balaban J connectivity index is 1.82. The van der Waals surface area contributed by atoms with E-state index in [2.05, 4.69) is 0 Å². The van der Waals surface area contributed by atoms with Crippen LogP contribution in [0.25, 0.3) is 11.0 Å². The maximum atomic E-state index is 12.3. The molecule has 3 rings (SSSR count). The van der Waals surface area contributed by atoms with Gasteiger partial charge in [-0.1, -0.05) is 13.0 Å². The molecule has 0 radical (unpaired) electrons. The molecule has 0 unspecified atom stereocenters. The molecule has 1 aliphatic carbocycles. The van der Waals surface area contributed by atoms with Gasteiger partial charge in [0.05, 0.1) is 6.26 Å². The second kappa shape index (κ2) is 5.87. The van der Waals surface area contributed by atoms with Gasteiger partial charge in [-0.05, 0) is 36.1 Å². The summed E-state index contributed by atoms with van der Waals surface area (Å²) < 4.78 is 5.30. The SMILES string of the molecule is CCCC(=O)C1C(=O)CC(c2ccc3occc3c2)CC1=O. The molecule has 0 bridgehead atoms. The molecule has 114 valence electrons. The Labute approximate surface area is 128 Å². The lowest BCUT2D eigenvalue weighted by Gasteiger charge is -2.25. The van der Waals surface area contributed by atoms with Crippen LogP contribution in [0.3, 0.4) is 0 Å². The third kappa shape index (κ3) is 2.61. The number of hydrogen-bond acceptors (Lipinski definition) is 4. The highest BCUT2D eigenvalue weighted by molar-refractivity contribution is 6.21. The van der Waals surface area contributed by atoms with E-state index in [1.807, 2.05) is 31.2 Å². The quantitative estimate of drug-likeness (QED) is 0.811. The lowest BCUT2D eigenvalue weighted by molar-refractivity contribution is -0.142. The summed E-state index contributed by atoms with van der Waals surface area (Å²) in [6.07, 6.45) is 3.10. The molecule has 0 amide bonds. The van der Waals surface area contributed by atoms with E-state index in [0.29, 0.717) is 12.8 Å². The van der Waals surface area contributed by atoms with Gasteiger partial charge in [0.25, 0.3) is 0 Å². The first-order chi connectivity index (χ1) is 10.6. The first-order valence-corrected chi connectivity index (χ1v) is 7.65. The third-order valence-electron chi connectivity index (χ3n) is 4.31. The summed E-state index contributed by atoms with van der Waals surface area (Å²) in [7, 11) is 0. The fraction of sp³-hybridized carbons (Fsp3) is 0.389. The van der Waals surface area contributed by atoms with E-state index in [0.717, 1.165) is 16.5 Å². The van der Waals surface area contributed by atoms with Crippen molar-refractivity contribution in [3.05, 3.63) is 36.1 Å². The minimum atomic E-state index is -1.02. The van der Waals surface area contributed by atoms with Crippen molar-refractivity contribution in [3.8, 4) is 0 Å². The van der Waals surface area contributed by atoms with E-state index >= 15 is 0 Å². The van der Waals surface area contributed by atoms with Crippen molar-refractivity contribution < 1.29 is 18.8 Å². The molecule has 0 spiro atoms. The van der Waals surface area contributed by atoms with Crippen molar-refractivity contribution in [2.75, 3.05) is 0 Å². The number of benzene rings is 1. The van der Waals surface area contributed by atoms with Gasteiger partial charge in [-0.15, -0.1) is 0 Å². The lowest BCUT2D eigenvalue weighted by Crippen LogP contribution is -2.37. The van der Waals surface area contributed by atoms with E-state index in [1.165, 1.54) is 0 Å². The predicted molar refractivity (Wildman–Crippen MR) is 81.6 cm³/mol. The Morgan fingerprint density at radius 1 is 1.18 bits per heavy atom. The molecule has 0 aliphatic heterocycles. The zero-order chi connectivity index (χ0) is 15.7. The van der Waals surface area contributed by atoms with Crippen LogP contribution in [0.2, 0.25) is 0 Å². The van der Waals surface area contributed by atoms with Gasteiger partial charge in [-0.2, -0.15) is 0 Å². The molecule has 1 fully saturated rings. The average Bonchev–Trinajstić information content (AvgIpc) is 2.94. The molecule has 4 heteroatoms. The molecule has 0 saturated heterocycles. The summed E-state index contributed by atoms with van der Waals surface area (Å²) in [5.74, 6) is -1.83. The summed E-state index contributed by atoms with van der Waals surface area (Å²) in [5, 5.41) is 0.960. The Hall–Kier alpha value is -2.23. The number of furan rings is 1. The van der Waals surface area contributed by atoms with Gasteiger partial charge in [-0.3, -0.25) is 14.4 Å². The van der Waals surface area contributed by atoms with Crippen LogP contribution in [0.4, 0.5) is 0 Å². The van der Waals surface area contributed by atoms with Crippen LogP contribution < -0.4 is 0 Å². The summed E-state index contributed by atoms with van der Waals surface area (Å²) in [6, 6.07) is 7.57. The topological polar surface area (TPSA) is 64.3 Å². The van der Waals surface area contributed by atoms with Crippen molar-refractivity contribution in [3.63, 3.8) is 0 Å². The number of ketones is 3. The first-order valence-electron chi connectivity index (χ1n) is 7.65. The van der Waals surface area contributed by atoms with Crippen molar-refractivity contribution >= 4 is 28.3 Å². The maximum absolute atomic E-state index is 12.3. The Morgan fingerprint density at radius 3 is 2.59 bits per heavy atom. The van der Waals surface area contributed by atoms with Crippen LogP contribution >= 0.6 is 0 Å². The second-order valence-electron chi connectivity index (χ2n) is 5.90. The summed E-state index contributed by atoms with van der Waals surface area (Å²) in [6.45, 7) is 1.87. The molecule has 1 saturated carbocycles. The van der Waals surface area contributed by atoms with Crippen molar-refractivity contribution in [1.82, 2.24) is 0 Å². The number of Topliss-reactive ketones (excluding diaryl/α,β-unsaturated/α-hetero) is 3. The standard InChI is InChI=1S/C18H18O4/c1-2-3-14(19)18-15(20)9-13(10-16(18)21)11-4-5-17-12(8-11)6-7-22-17/h4-8,13,18H,2-3,9-10H2,1H3. The zero-order valence-corrected chi connectivity index (χ0v) is 12.5. The van der Waals surface area contributed by atoms with Crippen molar-refractivity contribution in [1.29, 1.82) is 0 Å². The normalized spacial score (nSPS) is 22.2. The Kier molecular flexibility index (Phi) is 3.92. The van der Waals surface area contributed by atoms with Gasteiger partial charge >= 0.3 is 0 Å². The van der Waals surface area contributed by atoms with Crippen molar-refractivity contribution in [2.24, 2.45) is 5.92 Å².